The predicted octanol–water partition coefficient (Wildman–Crippen LogP) is 4.13. The summed E-state index contributed by atoms with van der Waals surface area (Å²) in [6.45, 7) is 0. The summed E-state index contributed by atoms with van der Waals surface area (Å²) in [6, 6.07) is 11.0. The Bertz CT molecular complexity index is 570. The number of rotatable bonds is 5. The van der Waals surface area contributed by atoms with E-state index in [1.807, 2.05) is 24.3 Å². The highest BCUT2D eigenvalue weighted by atomic mass is 35.5. The normalized spacial score (nSPS) is 10.4. The second kappa shape index (κ2) is 6.69. The van der Waals surface area contributed by atoms with Crippen LogP contribution in [0.5, 0.6) is 0 Å². The molecule has 0 N–H and O–H groups in total. The van der Waals surface area contributed by atoms with Crippen molar-refractivity contribution < 1.29 is 4.79 Å². The van der Waals surface area contributed by atoms with Crippen LogP contribution in [0.2, 0.25) is 10.0 Å². The molecule has 2 nitrogen and oxygen atoms in total. The molecule has 1 heterocycles. The molecule has 0 aliphatic rings. The summed E-state index contributed by atoms with van der Waals surface area (Å²) in [5, 5.41) is 0.951. The third kappa shape index (κ3) is 4.05. The number of ketones is 1. The van der Waals surface area contributed by atoms with E-state index in [1.54, 1.807) is 18.3 Å². The van der Waals surface area contributed by atoms with Crippen molar-refractivity contribution in [3.63, 3.8) is 0 Å². The number of halogens is 2. The number of benzene rings is 1. The molecular formula is C15H13Cl2NO. The quantitative estimate of drug-likeness (QED) is 0.829. The van der Waals surface area contributed by atoms with E-state index in [0.717, 1.165) is 11.3 Å². The summed E-state index contributed by atoms with van der Waals surface area (Å²) >= 11 is 12.0. The number of carbonyl (C=O) groups is 1. The molecule has 0 amide bonds. The number of pyridine rings is 1. The van der Waals surface area contributed by atoms with E-state index < -0.39 is 0 Å². The summed E-state index contributed by atoms with van der Waals surface area (Å²) < 4.78 is 0. The molecular weight excluding hydrogens is 281 g/mol. The van der Waals surface area contributed by atoms with Crippen molar-refractivity contribution in [3.8, 4) is 0 Å². The van der Waals surface area contributed by atoms with Crippen molar-refractivity contribution in [3.05, 3.63) is 63.9 Å². The highest BCUT2D eigenvalue weighted by Crippen LogP contribution is 2.26. The standard InChI is InChI=1S/C15H13Cl2NO/c16-14-6-3-4-11(15(14)17)10-13(19)8-7-12-5-1-2-9-18-12/h1-6,9H,7-8,10H2. The fraction of sp³-hybridized carbons (Fsp3) is 0.200. The van der Waals surface area contributed by atoms with Crippen molar-refractivity contribution in [2.75, 3.05) is 0 Å². The molecule has 0 unspecified atom stereocenters. The van der Waals surface area contributed by atoms with Crippen LogP contribution in [0.25, 0.3) is 0 Å². The zero-order chi connectivity index (χ0) is 13.7. The molecule has 0 saturated carbocycles. The smallest absolute Gasteiger partial charge is 0.137 e. The van der Waals surface area contributed by atoms with Gasteiger partial charge in [-0.25, -0.2) is 0 Å². The van der Waals surface area contributed by atoms with Crippen LogP contribution in [0, 0.1) is 0 Å². The maximum absolute atomic E-state index is 11.9. The van der Waals surface area contributed by atoms with Gasteiger partial charge in [0.2, 0.25) is 0 Å². The van der Waals surface area contributed by atoms with Crippen molar-refractivity contribution in [2.45, 2.75) is 19.3 Å². The number of nitrogens with zero attached hydrogens (tertiary/aromatic N) is 1. The molecule has 0 saturated heterocycles. The maximum Gasteiger partial charge on any atom is 0.137 e. The third-order valence-electron chi connectivity index (χ3n) is 2.81. The zero-order valence-electron chi connectivity index (χ0n) is 10.3. The minimum Gasteiger partial charge on any atom is -0.299 e. The van der Waals surface area contributed by atoms with Gasteiger partial charge in [0.25, 0.3) is 0 Å². The fourth-order valence-corrected chi connectivity index (χ4v) is 2.19. The van der Waals surface area contributed by atoms with Gasteiger partial charge in [-0.1, -0.05) is 41.4 Å². The first-order chi connectivity index (χ1) is 9.16. The Hall–Kier alpha value is -1.38. The summed E-state index contributed by atoms with van der Waals surface area (Å²) in [4.78, 5) is 16.1. The lowest BCUT2D eigenvalue weighted by atomic mass is 10.0. The lowest BCUT2D eigenvalue weighted by Gasteiger charge is -2.05. The second-order valence-electron chi connectivity index (χ2n) is 4.25. The zero-order valence-corrected chi connectivity index (χ0v) is 11.8. The van der Waals surface area contributed by atoms with Crippen molar-refractivity contribution >= 4 is 29.0 Å². The van der Waals surface area contributed by atoms with E-state index in [-0.39, 0.29) is 5.78 Å². The number of hydrogen-bond acceptors (Lipinski definition) is 2. The van der Waals surface area contributed by atoms with Gasteiger partial charge in [0.1, 0.15) is 5.78 Å². The van der Waals surface area contributed by atoms with Gasteiger partial charge in [-0.3, -0.25) is 9.78 Å². The first-order valence-electron chi connectivity index (χ1n) is 6.01. The SMILES string of the molecule is O=C(CCc1ccccn1)Cc1cccc(Cl)c1Cl. The molecule has 0 spiro atoms. The molecule has 0 fully saturated rings. The van der Waals surface area contributed by atoms with Gasteiger partial charge in [-0.15, -0.1) is 0 Å². The Morgan fingerprint density at radius 2 is 1.95 bits per heavy atom. The monoisotopic (exact) mass is 293 g/mol. The molecule has 0 atom stereocenters. The Morgan fingerprint density at radius 3 is 2.68 bits per heavy atom. The lowest BCUT2D eigenvalue weighted by molar-refractivity contribution is -0.118. The van der Waals surface area contributed by atoms with E-state index in [0.29, 0.717) is 29.3 Å². The molecule has 0 aliphatic carbocycles. The summed E-state index contributed by atoms with van der Waals surface area (Å²) in [5.41, 5.74) is 1.70. The number of Topliss-reactive ketones (excluding diaryl/α,β-unsaturated/α-hetero) is 1. The summed E-state index contributed by atoms with van der Waals surface area (Å²) in [5.74, 6) is 0.134. The van der Waals surface area contributed by atoms with E-state index in [2.05, 4.69) is 4.98 Å². The van der Waals surface area contributed by atoms with Crippen LogP contribution in [0.4, 0.5) is 0 Å². The first kappa shape index (κ1) is 14.0. The molecule has 0 bridgehead atoms. The van der Waals surface area contributed by atoms with Crippen LogP contribution in [0.3, 0.4) is 0 Å². The number of aryl methyl sites for hydroxylation is 1. The Balaban J connectivity index is 1.93. The molecule has 4 heteroatoms. The Labute approximate surface area is 122 Å². The van der Waals surface area contributed by atoms with E-state index >= 15 is 0 Å². The van der Waals surface area contributed by atoms with Crippen LogP contribution in [0.15, 0.2) is 42.6 Å². The maximum atomic E-state index is 11.9. The average molecular weight is 294 g/mol. The first-order valence-corrected chi connectivity index (χ1v) is 6.77. The van der Waals surface area contributed by atoms with Crippen LogP contribution in [-0.2, 0) is 17.6 Å². The number of carbonyl (C=O) groups excluding carboxylic acids is 1. The average Bonchev–Trinajstić information content (AvgIpc) is 2.43. The Morgan fingerprint density at radius 1 is 1.11 bits per heavy atom. The van der Waals surface area contributed by atoms with Gasteiger partial charge in [0, 0.05) is 24.7 Å². The lowest BCUT2D eigenvalue weighted by Crippen LogP contribution is -2.05. The molecule has 1 aromatic heterocycles. The van der Waals surface area contributed by atoms with Gasteiger partial charge in [0.05, 0.1) is 10.0 Å². The molecule has 0 radical (unpaired) electrons. The van der Waals surface area contributed by atoms with Crippen molar-refractivity contribution in [1.82, 2.24) is 4.98 Å². The predicted molar refractivity (Wildman–Crippen MR) is 77.7 cm³/mol. The number of aromatic nitrogens is 1. The highest BCUT2D eigenvalue weighted by molar-refractivity contribution is 6.42. The van der Waals surface area contributed by atoms with Gasteiger partial charge < -0.3 is 0 Å². The molecule has 1 aromatic carbocycles. The topological polar surface area (TPSA) is 30.0 Å². The van der Waals surface area contributed by atoms with Crippen LogP contribution in [0.1, 0.15) is 17.7 Å². The van der Waals surface area contributed by atoms with E-state index in [9.17, 15) is 4.79 Å². The van der Waals surface area contributed by atoms with Gasteiger partial charge >= 0.3 is 0 Å². The molecule has 2 rings (SSSR count). The summed E-state index contributed by atoms with van der Waals surface area (Å²) in [6.07, 6.45) is 3.15. The number of hydrogen-bond donors (Lipinski definition) is 0. The van der Waals surface area contributed by atoms with Gasteiger partial charge in [-0.05, 0) is 30.2 Å². The van der Waals surface area contributed by atoms with E-state index in [1.165, 1.54) is 0 Å². The molecule has 2 aromatic rings. The van der Waals surface area contributed by atoms with Gasteiger partial charge in [-0.2, -0.15) is 0 Å². The minimum absolute atomic E-state index is 0.134. The van der Waals surface area contributed by atoms with Crippen molar-refractivity contribution in [2.24, 2.45) is 0 Å². The molecule has 19 heavy (non-hydrogen) atoms. The van der Waals surface area contributed by atoms with Crippen LogP contribution in [-0.4, -0.2) is 10.8 Å². The fourth-order valence-electron chi connectivity index (χ4n) is 1.80. The Kier molecular flexibility index (Phi) is 4.94. The molecule has 0 aliphatic heterocycles. The minimum atomic E-state index is 0.134. The third-order valence-corrected chi connectivity index (χ3v) is 3.66. The van der Waals surface area contributed by atoms with Crippen LogP contribution < -0.4 is 0 Å². The summed E-state index contributed by atoms with van der Waals surface area (Å²) in [7, 11) is 0. The van der Waals surface area contributed by atoms with E-state index in [4.69, 9.17) is 23.2 Å². The molecule has 98 valence electrons. The largest absolute Gasteiger partial charge is 0.299 e. The highest BCUT2D eigenvalue weighted by Gasteiger charge is 2.09. The second-order valence-corrected chi connectivity index (χ2v) is 5.03. The van der Waals surface area contributed by atoms with Gasteiger partial charge in [0.15, 0.2) is 0 Å². The van der Waals surface area contributed by atoms with Crippen molar-refractivity contribution in [1.29, 1.82) is 0 Å². The van der Waals surface area contributed by atoms with Crippen LogP contribution >= 0.6 is 23.2 Å².